The van der Waals surface area contributed by atoms with Gasteiger partial charge in [0.1, 0.15) is 5.60 Å². The third kappa shape index (κ3) is 3.07. The number of para-hydroxylation sites is 2. The molecule has 1 aliphatic rings. The van der Waals surface area contributed by atoms with Crippen molar-refractivity contribution in [1.29, 1.82) is 0 Å². The van der Waals surface area contributed by atoms with Crippen molar-refractivity contribution in [1.82, 2.24) is 0 Å². The monoisotopic (exact) mass is 527 g/mol. The Morgan fingerprint density at radius 1 is 0.528 bits per heavy atom. The SMILES string of the molecule is OC1(c2ccc(N(c3ccccc3)c3ccccc3)cc2)c2cccc3ccc4cc(Br)cc1c4c23. The molecule has 0 radical (unpaired) electrons. The fraction of sp³-hybridized carbons (Fsp3) is 0.0303. The quantitative estimate of drug-likeness (QED) is 0.231. The normalized spacial score (nSPS) is 16.2. The molecule has 0 bridgehead atoms. The van der Waals surface area contributed by atoms with Crippen molar-refractivity contribution >= 4 is 54.5 Å². The second-order valence-corrected chi connectivity index (χ2v) is 10.2. The molecular weight excluding hydrogens is 506 g/mol. The highest BCUT2D eigenvalue weighted by Crippen LogP contribution is 2.52. The van der Waals surface area contributed by atoms with Crippen LogP contribution in [0.4, 0.5) is 17.1 Å². The van der Waals surface area contributed by atoms with E-state index in [2.05, 4.69) is 130 Å². The Morgan fingerprint density at radius 2 is 1.11 bits per heavy atom. The summed E-state index contributed by atoms with van der Waals surface area (Å²) in [7, 11) is 0. The van der Waals surface area contributed by atoms with Crippen molar-refractivity contribution in [2.24, 2.45) is 0 Å². The molecule has 172 valence electrons. The molecule has 36 heavy (non-hydrogen) atoms. The highest BCUT2D eigenvalue weighted by molar-refractivity contribution is 9.10. The van der Waals surface area contributed by atoms with Gasteiger partial charge in [0.15, 0.2) is 0 Å². The molecule has 0 aromatic heterocycles. The highest BCUT2D eigenvalue weighted by atomic mass is 79.9. The summed E-state index contributed by atoms with van der Waals surface area (Å²) < 4.78 is 0.964. The van der Waals surface area contributed by atoms with Gasteiger partial charge in [0.05, 0.1) is 0 Å². The predicted molar refractivity (Wildman–Crippen MR) is 152 cm³/mol. The maximum Gasteiger partial charge on any atom is 0.141 e. The van der Waals surface area contributed by atoms with Crippen molar-refractivity contribution in [3.8, 4) is 0 Å². The lowest BCUT2D eigenvalue weighted by Gasteiger charge is -2.29. The number of benzene rings is 6. The zero-order valence-corrected chi connectivity index (χ0v) is 21.0. The zero-order valence-electron chi connectivity index (χ0n) is 19.4. The summed E-state index contributed by atoms with van der Waals surface area (Å²) in [6.45, 7) is 0. The highest BCUT2D eigenvalue weighted by Gasteiger charge is 2.42. The van der Waals surface area contributed by atoms with Gasteiger partial charge in [-0.1, -0.05) is 94.8 Å². The Hall–Kier alpha value is -3.92. The van der Waals surface area contributed by atoms with Gasteiger partial charge >= 0.3 is 0 Å². The van der Waals surface area contributed by atoms with E-state index in [0.717, 1.165) is 59.8 Å². The van der Waals surface area contributed by atoms with Crippen molar-refractivity contribution in [3.05, 3.63) is 149 Å². The van der Waals surface area contributed by atoms with Crippen molar-refractivity contribution in [2.75, 3.05) is 4.90 Å². The lowest BCUT2D eigenvalue weighted by molar-refractivity contribution is 0.131. The van der Waals surface area contributed by atoms with Gasteiger partial charge in [-0.25, -0.2) is 0 Å². The average molecular weight is 528 g/mol. The number of rotatable bonds is 4. The molecule has 0 heterocycles. The summed E-state index contributed by atoms with van der Waals surface area (Å²) >= 11 is 3.68. The molecule has 3 heteroatoms. The lowest BCUT2D eigenvalue weighted by atomic mass is 9.83. The van der Waals surface area contributed by atoms with E-state index in [1.807, 2.05) is 18.2 Å². The number of aliphatic hydroxyl groups is 1. The summed E-state index contributed by atoms with van der Waals surface area (Å²) in [5.41, 5.74) is 4.70. The molecule has 2 nitrogen and oxygen atoms in total. The van der Waals surface area contributed by atoms with Crippen LogP contribution in [0.1, 0.15) is 16.7 Å². The molecule has 6 aromatic rings. The molecule has 6 aromatic carbocycles. The van der Waals surface area contributed by atoms with Gasteiger partial charge in [-0.2, -0.15) is 0 Å². The molecule has 0 amide bonds. The molecule has 0 fully saturated rings. The maximum absolute atomic E-state index is 12.5. The van der Waals surface area contributed by atoms with Gasteiger partial charge in [-0.05, 0) is 75.6 Å². The predicted octanol–water partition coefficient (Wildman–Crippen LogP) is 8.82. The average Bonchev–Trinajstić information content (AvgIpc) is 3.19. The molecule has 0 spiro atoms. The molecule has 1 aliphatic carbocycles. The lowest BCUT2D eigenvalue weighted by Crippen LogP contribution is -2.26. The van der Waals surface area contributed by atoms with E-state index >= 15 is 0 Å². The Kier molecular flexibility index (Phi) is 4.78. The van der Waals surface area contributed by atoms with Crippen LogP contribution in [0.3, 0.4) is 0 Å². The smallest absolute Gasteiger partial charge is 0.141 e. The minimum Gasteiger partial charge on any atom is -0.376 e. The first-order valence-electron chi connectivity index (χ1n) is 12.0. The summed E-state index contributed by atoms with van der Waals surface area (Å²) in [4.78, 5) is 2.23. The van der Waals surface area contributed by atoms with Crippen LogP contribution in [0.2, 0.25) is 0 Å². The largest absolute Gasteiger partial charge is 0.376 e. The van der Waals surface area contributed by atoms with E-state index in [0.29, 0.717) is 0 Å². The molecule has 1 unspecified atom stereocenters. The van der Waals surface area contributed by atoms with E-state index in [1.54, 1.807) is 0 Å². The zero-order chi connectivity index (χ0) is 24.3. The van der Waals surface area contributed by atoms with Gasteiger partial charge < -0.3 is 10.0 Å². The van der Waals surface area contributed by atoms with Crippen LogP contribution in [0.15, 0.2) is 132 Å². The minimum absolute atomic E-state index is 0.857. The molecule has 0 aliphatic heterocycles. The third-order valence-corrected chi connectivity index (χ3v) is 7.73. The topological polar surface area (TPSA) is 23.5 Å². The maximum atomic E-state index is 12.5. The number of hydrogen-bond donors (Lipinski definition) is 1. The third-order valence-electron chi connectivity index (χ3n) is 7.27. The molecule has 0 saturated heterocycles. The molecular formula is C33H22BrNO. The molecule has 1 atom stereocenters. The summed E-state index contributed by atoms with van der Waals surface area (Å²) in [5, 5.41) is 17.0. The van der Waals surface area contributed by atoms with Crippen LogP contribution in [-0.4, -0.2) is 5.11 Å². The van der Waals surface area contributed by atoms with E-state index in [4.69, 9.17) is 0 Å². The van der Waals surface area contributed by atoms with Gasteiger partial charge in [0.25, 0.3) is 0 Å². The minimum atomic E-state index is -1.23. The first-order valence-corrected chi connectivity index (χ1v) is 12.8. The number of anilines is 3. The Bertz CT molecular complexity index is 1710. The van der Waals surface area contributed by atoms with E-state index < -0.39 is 5.60 Å². The van der Waals surface area contributed by atoms with Crippen molar-refractivity contribution in [2.45, 2.75) is 5.60 Å². The van der Waals surface area contributed by atoms with Crippen LogP contribution in [-0.2, 0) is 5.60 Å². The van der Waals surface area contributed by atoms with Crippen LogP contribution < -0.4 is 4.90 Å². The summed E-state index contributed by atoms with van der Waals surface area (Å²) in [6, 6.07) is 43.7. The van der Waals surface area contributed by atoms with Gasteiger partial charge in [-0.15, -0.1) is 0 Å². The van der Waals surface area contributed by atoms with Crippen LogP contribution >= 0.6 is 15.9 Å². The first kappa shape index (κ1) is 21.4. The molecule has 1 N–H and O–H groups in total. The van der Waals surface area contributed by atoms with Crippen LogP contribution in [0.25, 0.3) is 21.5 Å². The van der Waals surface area contributed by atoms with E-state index in [9.17, 15) is 5.11 Å². The van der Waals surface area contributed by atoms with Crippen LogP contribution in [0, 0.1) is 0 Å². The van der Waals surface area contributed by atoms with Crippen molar-refractivity contribution in [3.63, 3.8) is 0 Å². The van der Waals surface area contributed by atoms with Crippen molar-refractivity contribution < 1.29 is 5.11 Å². The first-order chi connectivity index (χ1) is 17.6. The second-order valence-electron chi connectivity index (χ2n) is 9.28. The summed E-state index contributed by atoms with van der Waals surface area (Å²) in [6.07, 6.45) is 0. The Labute approximate surface area is 218 Å². The number of hydrogen-bond acceptors (Lipinski definition) is 2. The van der Waals surface area contributed by atoms with Gasteiger partial charge in [0.2, 0.25) is 0 Å². The number of nitrogens with zero attached hydrogens (tertiary/aromatic N) is 1. The molecule has 0 saturated carbocycles. The Morgan fingerprint density at radius 3 is 1.78 bits per heavy atom. The molecule has 7 rings (SSSR count). The Balaban J connectivity index is 1.41. The number of halogens is 1. The standard InChI is InChI=1S/C33H22BrNO/c34-25-20-23-15-14-22-8-7-13-29-31(22)32(23)30(21-25)33(29,36)24-16-18-28(19-17-24)35(26-9-3-1-4-10-26)27-11-5-2-6-12-27/h1-21,36H. The van der Waals surface area contributed by atoms with E-state index in [1.165, 1.54) is 0 Å². The summed E-state index contributed by atoms with van der Waals surface area (Å²) in [5.74, 6) is 0. The van der Waals surface area contributed by atoms with Gasteiger partial charge in [0, 0.05) is 32.7 Å². The fourth-order valence-corrected chi connectivity index (χ4v) is 6.18. The van der Waals surface area contributed by atoms with Gasteiger partial charge in [-0.3, -0.25) is 0 Å². The van der Waals surface area contributed by atoms with Crippen LogP contribution in [0.5, 0.6) is 0 Å². The van der Waals surface area contributed by atoms with E-state index in [-0.39, 0.29) is 0 Å². The second kappa shape index (κ2) is 8.06. The fourth-order valence-electron chi connectivity index (χ4n) is 5.70.